The normalized spacial score (nSPS) is 13.4. The van der Waals surface area contributed by atoms with Crippen LogP contribution in [0.2, 0.25) is 0 Å². The molecule has 0 bridgehead atoms. The Kier molecular flexibility index (Phi) is 4.53. The number of rotatable bonds is 4. The number of hydrogen-bond donors (Lipinski definition) is 2. The van der Waals surface area contributed by atoms with Gasteiger partial charge in [-0.15, -0.1) is 0 Å². The largest absolute Gasteiger partial charge is 0.399 e. The van der Waals surface area contributed by atoms with Crippen molar-refractivity contribution in [2.45, 2.75) is 17.1 Å². The third-order valence-electron chi connectivity index (χ3n) is 2.84. The van der Waals surface area contributed by atoms with Crippen molar-refractivity contribution in [1.29, 1.82) is 0 Å². The molecule has 0 fully saturated rings. The summed E-state index contributed by atoms with van der Waals surface area (Å²) >= 11 is 0. The first-order valence-electron chi connectivity index (χ1n) is 6.20. The lowest BCUT2D eigenvalue weighted by molar-refractivity contribution is -0.115. The maximum Gasteiger partial charge on any atom is 0.240 e. The van der Waals surface area contributed by atoms with Gasteiger partial charge in [-0.2, -0.15) is 0 Å². The molecule has 2 atom stereocenters. The van der Waals surface area contributed by atoms with Crippen LogP contribution in [0, 0.1) is 0 Å². The average molecular weight is 288 g/mol. The molecule has 0 saturated heterocycles. The van der Waals surface area contributed by atoms with Crippen LogP contribution in [-0.4, -0.2) is 15.4 Å². The Hall–Kier alpha value is -2.14. The smallest absolute Gasteiger partial charge is 0.240 e. The highest BCUT2D eigenvalue weighted by Gasteiger charge is 2.21. The SMILES string of the molecule is CC(C(=O)Nc1ccccc1)S(=O)c1ccc(N)cc1. The Morgan fingerprint density at radius 2 is 1.70 bits per heavy atom. The van der Waals surface area contributed by atoms with E-state index in [-0.39, 0.29) is 5.91 Å². The van der Waals surface area contributed by atoms with Crippen molar-refractivity contribution in [3.8, 4) is 0 Å². The lowest BCUT2D eigenvalue weighted by Crippen LogP contribution is -2.29. The van der Waals surface area contributed by atoms with Crippen molar-refractivity contribution in [2.75, 3.05) is 11.1 Å². The van der Waals surface area contributed by atoms with Gasteiger partial charge < -0.3 is 11.1 Å². The highest BCUT2D eigenvalue weighted by molar-refractivity contribution is 7.86. The molecule has 0 heterocycles. The lowest BCUT2D eigenvalue weighted by atomic mass is 10.3. The summed E-state index contributed by atoms with van der Waals surface area (Å²) in [5.74, 6) is -0.272. The van der Waals surface area contributed by atoms with Crippen molar-refractivity contribution in [3.63, 3.8) is 0 Å². The fraction of sp³-hybridized carbons (Fsp3) is 0.133. The fourth-order valence-corrected chi connectivity index (χ4v) is 2.73. The van der Waals surface area contributed by atoms with Gasteiger partial charge in [-0.05, 0) is 43.3 Å². The maximum atomic E-state index is 12.3. The van der Waals surface area contributed by atoms with Crippen LogP contribution < -0.4 is 11.1 Å². The number of carbonyl (C=O) groups is 1. The molecule has 0 aliphatic carbocycles. The predicted octanol–water partition coefficient (Wildman–Crippen LogP) is 2.40. The van der Waals surface area contributed by atoms with Crippen LogP contribution in [0.4, 0.5) is 11.4 Å². The van der Waals surface area contributed by atoms with E-state index in [9.17, 15) is 9.00 Å². The molecule has 0 aliphatic rings. The molecule has 2 rings (SSSR count). The molecule has 104 valence electrons. The van der Waals surface area contributed by atoms with Gasteiger partial charge >= 0.3 is 0 Å². The van der Waals surface area contributed by atoms with Gasteiger partial charge in [-0.25, -0.2) is 0 Å². The highest BCUT2D eigenvalue weighted by Crippen LogP contribution is 2.15. The van der Waals surface area contributed by atoms with Crippen molar-refractivity contribution >= 4 is 28.1 Å². The first-order valence-corrected chi connectivity index (χ1v) is 7.41. The molecule has 3 N–H and O–H groups in total. The number of hydrogen-bond acceptors (Lipinski definition) is 3. The van der Waals surface area contributed by atoms with Crippen molar-refractivity contribution in [3.05, 3.63) is 54.6 Å². The minimum atomic E-state index is -1.41. The summed E-state index contributed by atoms with van der Waals surface area (Å²) < 4.78 is 12.3. The minimum Gasteiger partial charge on any atom is -0.399 e. The summed E-state index contributed by atoms with van der Waals surface area (Å²) in [5, 5.41) is 2.11. The van der Waals surface area contributed by atoms with E-state index in [1.807, 2.05) is 18.2 Å². The number of carbonyl (C=O) groups excluding carboxylic acids is 1. The molecule has 0 radical (unpaired) electrons. The quantitative estimate of drug-likeness (QED) is 0.849. The molecule has 2 aromatic carbocycles. The van der Waals surface area contributed by atoms with Crippen molar-refractivity contribution in [1.82, 2.24) is 0 Å². The topological polar surface area (TPSA) is 72.2 Å². The molecular formula is C15H16N2O2S. The highest BCUT2D eigenvalue weighted by atomic mass is 32.2. The Balaban J connectivity index is 2.06. The Morgan fingerprint density at radius 3 is 2.30 bits per heavy atom. The maximum absolute atomic E-state index is 12.3. The van der Waals surface area contributed by atoms with E-state index in [2.05, 4.69) is 5.32 Å². The summed E-state index contributed by atoms with van der Waals surface area (Å²) in [5.41, 5.74) is 6.88. The predicted molar refractivity (Wildman–Crippen MR) is 81.8 cm³/mol. The lowest BCUT2D eigenvalue weighted by Gasteiger charge is -2.12. The number of nitrogen functional groups attached to an aromatic ring is 1. The molecule has 20 heavy (non-hydrogen) atoms. The zero-order valence-electron chi connectivity index (χ0n) is 11.1. The Labute approximate surface area is 120 Å². The standard InChI is InChI=1S/C15H16N2O2S/c1-11(15(18)17-13-5-3-2-4-6-13)20(19)14-9-7-12(16)8-10-14/h2-11H,16H2,1H3,(H,17,18). The van der Waals surface area contributed by atoms with E-state index in [1.165, 1.54) is 0 Å². The van der Waals surface area contributed by atoms with E-state index in [4.69, 9.17) is 5.73 Å². The van der Waals surface area contributed by atoms with Gasteiger partial charge in [0.05, 0.1) is 10.8 Å². The van der Waals surface area contributed by atoms with Gasteiger partial charge in [0.25, 0.3) is 0 Å². The van der Waals surface area contributed by atoms with E-state index >= 15 is 0 Å². The zero-order chi connectivity index (χ0) is 14.5. The molecule has 4 nitrogen and oxygen atoms in total. The number of nitrogens with one attached hydrogen (secondary N) is 1. The summed E-state index contributed by atoms with van der Waals surface area (Å²) in [6, 6.07) is 15.8. The second kappa shape index (κ2) is 6.34. The molecule has 0 spiro atoms. The van der Waals surface area contributed by atoms with Gasteiger partial charge in [0.1, 0.15) is 5.25 Å². The second-order valence-electron chi connectivity index (χ2n) is 4.36. The summed E-state index contributed by atoms with van der Waals surface area (Å²) in [4.78, 5) is 12.7. The van der Waals surface area contributed by atoms with E-state index in [0.29, 0.717) is 16.3 Å². The van der Waals surface area contributed by atoms with Crippen LogP contribution in [0.25, 0.3) is 0 Å². The first-order chi connectivity index (χ1) is 9.58. The number of anilines is 2. The monoisotopic (exact) mass is 288 g/mol. The molecule has 2 unspecified atom stereocenters. The first kappa shape index (κ1) is 14.3. The summed E-state index contributed by atoms with van der Waals surface area (Å²) in [6.45, 7) is 1.64. The van der Waals surface area contributed by atoms with Gasteiger partial charge in [0, 0.05) is 16.3 Å². The molecule has 2 aromatic rings. The average Bonchev–Trinajstić information content (AvgIpc) is 2.47. The van der Waals surface area contributed by atoms with Crippen LogP contribution in [0.15, 0.2) is 59.5 Å². The van der Waals surface area contributed by atoms with E-state index < -0.39 is 16.0 Å². The van der Waals surface area contributed by atoms with Crippen LogP contribution in [0.1, 0.15) is 6.92 Å². The minimum absolute atomic E-state index is 0.272. The van der Waals surface area contributed by atoms with E-state index in [0.717, 1.165) is 0 Å². The van der Waals surface area contributed by atoms with Gasteiger partial charge in [0.2, 0.25) is 5.91 Å². The van der Waals surface area contributed by atoms with Crippen LogP contribution in [-0.2, 0) is 15.6 Å². The van der Waals surface area contributed by atoms with Crippen molar-refractivity contribution in [2.24, 2.45) is 0 Å². The summed E-state index contributed by atoms with van der Waals surface area (Å²) in [6.07, 6.45) is 0. The van der Waals surface area contributed by atoms with Crippen LogP contribution >= 0.6 is 0 Å². The number of nitrogens with two attached hydrogens (primary N) is 1. The van der Waals surface area contributed by atoms with Gasteiger partial charge in [-0.3, -0.25) is 9.00 Å². The number of para-hydroxylation sites is 1. The van der Waals surface area contributed by atoms with Crippen molar-refractivity contribution < 1.29 is 9.00 Å². The second-order valence-corrected chi connectivity index (χ2v) is 6.14. The third kappa shape index (κ3) is 3.45. The van der Waals surface area contributed by atoms with Gasteiger partial charge in [0.15, 0.2) is 0 Å². The fourth-order valence-electron chi connectivity index (χ4n) is 1.67. The Morgan fingerprint density at radius 1 is 1.10 bits per heavy atom. The summed E-state index contributed by atoms with van der Waals surface area (Å²) in [7, 11) is -1.41. The molecule has 5 heteroatoms. The molecular weight excluding hydrogens is 272 g/mol. The number of amides is 1. The molecule has 0 saturated carbocycles. The third-order valence-corrected chi connectivity index (χ3v) is 4.44. The van der Waals surface area contributed by atoms with E-state index in [1.54, 1.807) is 43.3 Å². The van der Waals surface area contributed by atoms with Gasteiger partial charge in [-0.1, -0.05) is 18.2 Å². The molecule has 0 aliphatic heterocycles. The number of benzene rings is 2. The zero-order valence-corrected chi connectivity index (χ0v) is 11.9. The Bertz CT molecular complexity index is 612. The molecule has 0 aromatic heterocycles. The van der Waals surface area contributed by atoms with Crippen LogP contribution in [0.3, 0.4) is 0 Å². The molecule has 1 amide bonds. The van der Waals surface area contributed by atoms with Crippen LogP contribution in [0.5, 0.6) is 0 Å².